The Balaban J connectivity index is 1.74. The maximum atomic E-state index is 10.6. The summed E-state index contributed by atoms with van der Waals surface area (Å²) in [7, 11) is 0. The Labute approximate surface area is 204 Å². The Morgan fingerprint density at radius 3 is 2.25 bits per heavy atom. The summed E-state index contributed by atoms with van der Waals surface area (Å²) in [4.78, 5) is 2.55. The molecule has 1 aliphatic carbocycles. The normalized spacial score (nSPS) is 16.6. The van der Waals surface area contributed by atoms with Gasteiger partial charge in [-0.05, 0) is 75.2 Å². The predicted molar refractivity (Wildman–Crippen MR) is 136 cm³/mol. The van der Waals surface area contributed by atoms with Crippen LogP contribution >= 0.6 is 23.2 Å². The lowest BCUT2D eigenvalue weighted by atomic mass is 9.63. The summed E-state index contributed by atoms with van der Waals surface area (Å²) in [6.07, 6.45) is 9.79. The Morgan fingerprint density at radius 1 is 0.938 bits per heavy atom. The molecule has 1 atom stereocenters. The SMILES string of the molecule is CCCN(CCCC(C#N)(c1c(Cl)cccc1Cl)C1CCCCC1)CCc1ccccc1. The van der Waals surface area contributed by atoms with Crippen LogP contribution in [0.1, 0.15) is 69.4 Å². The first kappa shape index (κ1) is 25.1. The van der Waals surface area contributed by atoms with E-state index in [9.17, 15) is 5.26 Å². The van der Waals surface area contributed by atoms with Crippen LogP contribution in [-0.2, 0) is 11.8 Å². The van der Waals surface area contributed by atoms with Gasteiger partial charge in [0.1, 0.15) is 0 Å². The molecule has 2 aromatic carbocycles. The van der Waals surface area contributed by atoms with E-state index in [1.807, 2.05) is 18.2 Å². The van der Waals surface area contributed by atoms with Gasteiger partial charge in [-0.25, -0.2) is 0 Å². The molecule has 0 aromatic heterocycles. The molecule has 2 aromatic rings. The smallest absolute Gasteiger partial charge is 0.0879 e. The number of rotatable bonds is 11. The van der Waals surface area contributed by atoms with E-state index in [0.717, 1.165) is 63.7 Å². The van der Waals surface area contributed by atoms with Crippen LogP contribution in [0.4, 0.5) is 0 Å². The summed E-state index contributed by atoms with van der Waals surface area (Å²) in [6.45, 7) is 5.37. The topological polar surface area (TPSA) is 27.0 Å². The first-order chi connectivity index (χ1) is 15.6. The van der Waals surface area contributed by atoms with Gasteiger partial charge in [0.15, 0.2) is 0 Å². The van der Waals surface area contributed by atoms with Crippen molar-refractivity contribution in [2.45, 2.75) is 70.1 Å². The lowest BCUT2D eigenvalue weighted by molar-refractivity contribution is 0.215. The fraction of sp³-hybridized carbons (Fsp3) is 0.536. The molecule has 0 heterocycles. The fourth-order valence-corrected chi connectivity index (χ4v) is 6.16. The largest absolute Gasteiger partial charge is 0.303 e. The zero-order valence-electron chi connectivity index (χ0n) is 19.3. The second-order valence-electron chi connectivity index (χ2n) is 9.20. The number of hydrogen-bond acceptors (Lipinski definition) is 2. The van der Waals surface area contributed by atoms with E-state index in [1.165, 1.54) is 24.8 Å². The minimum atomic E-state index is -0.604. The van der Waals surface area contributed by atoms with Crippen molar-refractivity contribution in [1.82, 2.24) is 4.90 Å². The number of halogens is 2. The van der Waals surface area contributed by atoms with Gasteiger partial charge in [0.25, 0.3) is 0 Å². The van der Waals surface area contributed by atoms with Crippen molar-refractivity contribution in [3.8, 4) is 6.07 Å². The number of benzene rings is 2. The van der Waals surface area contributed by atoms with E-state index in [0.29, 0.717) is 16.0 Å². The van der Waals surface area contributed by atoms with Gasteiger partial charge in [-0.15, -0.1) is 0 Å². The van der Waals surface area contributed by atoms with E-state index in [4.69, 9.17) is 23.2 Å². The van der Waals surface area contributed by atoms with Gasteiger partial charge < -0.3 is 4.90 Å². The highest BCUT2D eigenvalue weighted by molar-refractivity contribution is 6.36. The van der Waals surface area contributed by atoms with Crippen molar-refractivity contribution in [3.05, 3.63) is 69.7 Å². The summed E-state index contributed by atoms with van der Waals surface area (Å²) in [5, 5.41) is 11.8. The number of hydrogen-bond donors (Lipinski definition) is 0. The Morgan fingerprint density at radius 2 is 1.62 bits per heavy atom. The zero-order chi connectivity index (χ0) is 22.8. The molecule has 0 radical (unpaired) electrons. The van der Waals surface area contributed by atoms with Crippen LogP contribution in [0.2, 0.25) is 10.0 Å². The average molecular weight is 472 g/mol. The molecular formula is C28H36Cl2N2. The Hall–Kier alpha value is -1.53. The molecule has 0 bridgehead atoms. The van der Waals surface area contributed by atoms with Gasteiger partial charge in [-0.3, -0.25) is 0 Å². The second kappa shape index (κ2) is 12.6. The van der Waals surface area contributed by atoms with Crippen LogP contribution < -0.4 is 0 Å². The van der Waals surface area contributed by atoms with Crippen LogP contribution in [-0.4, -0.2) is 24.5 Å². The van der Waals surface area contributed by atoms with E-state index < -0.39 is 5.41 Å². The highest BCUT2D eigenvalue weighted by Gasteiger charge is 2.43. The number of nitrogens with zero attached hydrogens (tertiary/aromatic N) is 2. The Bertz CT molecular complexity index is 850. The molecule has 1 fully saturated rings. The Kier molecular flexibility index (Phi) is 9.92. The second-order valence-corrected chi connectivity index (χ2v) is 10.0. The monoisotopic (exact) mass is 470 g/mol. The molecule has 3 rings (SSSR count). The van der Waals surface area contributed by atoms with Crippen LogP contribution in [0.5, 0.6) is 0 Å². The highest BCUT2D eigenvalue weighted by atomic mass is 35.5. The first-order valence-electron chi connectivity index (χ1n) is 12.2. The van der Waals surface area contributed by atoms with Crippen molar-refractivity contribution >= 4 is 23.2 Å². The highest BCUT2D eigenvalue weighted by Crippen LogP contribution is 2.48. The molecule has 0 amide bonds. The standard InChI is InChI=1S/C28H36Cl2N2/c1-2-19-32(21-17-23-11-5-3-6-12-23)20-10-18-28(22-31,24-13-7-4-8-14-24)27-25(29)15-9-16-26(27)30/h3,5-6,9,11-12,15-16,24H,2,4,7-8,10,13-14,17-21H2,1H3. The molecule has 1 aliphatic rings. The van der Waals surface area contributed by atoms with Gasteiger partial charge >= 0.3 is 0 Å². The molecule has 2 nitrogen and oxygen atoms in total. The molecule has 1 unspecified atom stereocenters. The van der Waals surface area contributed by atoms with Crippen molar-refractivity contribution in [3.63, 3.8) is 0 Å². The van der Waals surface area contributed by atoms with Gasteiger partial charge in [-0.1, -0.05) is 85.8 Å². The van der Waals surface area contributed by atoms with Gasteiger partial charge in [0, 0.05) is 22.2 Å². The van der Waals surface area contributed by atoms with Gasteiger partial charge in [-0.2, -0.15) is 5.26 Å². The van der Waals surface area contributed by atoms with Gasteiger partial charge in [0.2, 0.25) is 0 Å². The molecule has 32 heavy (non-hydrogen) atoms. The van der Waals surface area contributed by atoms with Crippen molar-refractivity contribution in [1.29, 1.82) is 5.26 Å². The first-order valence-corrected chi connectivity index (χ1v) is 13.0. The van der Waals surface area contributed by atoms with Crippen molar-refractivity contribution < 1.29 is 0 Å². The molecule has 172 valence electrons. The lowest BCUT2D eigenvalue weighted by Crippen LogP contribution is -2.37. The van der Waals surface area contributed by atoms with E-state index in [2.05, 4.69) is 48.2 Å². The summed E-state index contributed by atoms with van der Waals surface area (Å²) in [5.41, 5.74) is 1.64. The summed E-state index contributed by atoms with van der Waals surface area (Å²) >= 11 is 13.3. The van der Waals surface area contributed by atoms with Crippen LogP contribution in [0, 0.1) is 17.2 Å². The number of nitriles is 1. The zero-order valence-corrected chi connectivity index (χ0v) is 20.8. The average Bonchev–Trinajstić information content (AvgIpc) is 2.82. The molecule has 0 saturated heterocycles. The third-order valence-electron chi connectivity index (χ3n) is 7.06. The van der Waals surface area contributed by atoms with Crippen LogP contribution in [0.3, 0.4) is 0 Å². The third kappa shape index (κ3) is 6.28. The summed E-state index contributed by atoms with van der Waals surface area (Å²) in [6, 6.07) is 19.1. The molecular weight excluding hydrogens is 435 g/mol. The van der Waals surface area contributed by atoms with E-state index in [1.54, 1.807) is 0 Å². The minimum absolute atomic E-state index is 0.322. The van der Waals surface area contributed by atoms with Gasteiger partial charge in [0.05, 0.1) is 11.5 Å². The van der Waals surface area contributed by atoms with Crippen molar-refractivity contribution in [2.24, 2.45) is 5.92 Å². The predicted octanol–water partition coefficient (Wildman–Crippen LogP) is 8.07. The molecule has 0 aliphatic heterocycles. The van der Waals surface area contributed by atoms with Crippen molar-refractivity contribution in [2.75, 3.05) is 19.6 Å². The minimum Gasteiger partial charge on any atom is -0.303 e. The summed E-state index contributed by atoms with van der Waals surface area (Å²) < 4.78 is 0. The molecule has 1 saturated carbocycles. The van der Waals surface area contributed by atoms with Crippen LogP contribution in [0.15, 0.2) is 48.5 Å². The molecule has 4 heteroatoms. The quantitative estimate of drug-likeness (QED) is 0.331. The van der Waals surface area contributed by atoms with E-state index in [-0.39, 0.29) is 0 Å². The maximum absolute atomic E-state index is 10.6. The van der Waals surface area contributed by atoms with Crippen LogP contribution in [0.25, 0.3) is 0 Å². The summed E-state index contributed by atoms with van der Waals surface area (Å²) in [5.74, 6) is 0.322. The maximum Gasteiger partial charge on any atom is 0.0879 e. The van der Waals surface area contributed by atoms with E-state index >= 15 is 0 Å². The third-order valence-corrected chi connectivity index (χ3v) is 7.69. The lowest BCUT2D eigenvalue weighted by Gasteiger charge is -2.39. The molecule has 0 spiro atoms. The fourth-order valence-electron chi connectivity index (χ4n) is 5.42. The molecule has 0 N–H and O–H groups in total.